The summed E-state index contributed by atoms with van der Waals surface area (Å²) in [5.74, 6) is 0.589. The Morgan fingerprint density at radius 2 is 2.21 bits per heavy atom. The summed E-state index contributed by atoms with van der Waals surface area (Å²) in [6.07, 6.45) is 0. The quantitative estimate of drug-likeness (QED) is 0.413. The average Bonchev–Trinajstić information content (AvgIpc) is 3.38. The van der Waals surface area contributed by atoms with Crippen molar-refractivity contribution < 1.29 is 18.9 Å². The number of nitrogen functional groups attached to an aromatic ring is 1. The summed E-state index contributed by atoms with van der Waals surface area (Å²) in [6.45, 7) is 1.85. The Morgan fingerprint density at radius 3 is 2.90 bits per heavy atom. The topological polar surface area (TPSA) is 125 Å². The first-order valence-corrected chi connectivity index (χ1v) is 9.92. The lowest BCUT2D eigenvalue weighted by Crippen LogP contribution is -2.32. The Balaban J connectivity index is 1.48. The highest BCUT2D eigenvalue weighted by Gasteiger charge is 2.15. The highest BCUT2D eigenvalue weighted by molar-refractivity contribution is 7.09. The van der Waals surface area contributed by atoms with Crippen LogP contribution in [0, 0.1) is 0 Å². The minimum atomic E-state index is -0.442. The van der Waals surface area contributed by atoms with Crippen molar-refractivity contribution in [3.63, 3.8) is 0 Å². The molecule has 29 heavy (non-hydrogen) atoms. The number of amides is 1. The fourth-order valence-corrected chi connectivity index (χ4v) is 3.39. The molecular formula is C18H20ClN5O4S. The Hall–Kier alpha value is -2.82. The van der Waals surface area contributed by atoms with Gasteiger partial charge in [-0.15, -0.1) is 11.3 Å². The summed E-state index contributed by atoms with van der Waals surface area (Å²) in [5.41, 5.74) is 6.37. The van der Waals surface area contributed by atoms with E-state index in [1.165, 1.54) is 0 Å². The zero-order valence-corrected chi connectivity index (χ0v) is 17.2. The number of methoxy groups -OCH3 is 1. The van der Waals surface area contributed by atoms with Gasteiger partial charge in [-0.25, -0.2) is 4.63 Å². The Labute approximate surface area is 176 Å². The Bertz CT molecular complexity index is 948. The van der Waals surface area contributed by atoms with Crippen LogP contribution in [0.1, 0.15) is 20.9 Å². The summed E-state index contributed by atoms with van der Waals surface area (Å²) in [4.78, 5) is 12.9. The fourth-order valence-electron chi connectivity index (χ4n) is 2.49. The number of nitrogens with two attached hydrogens (primary N) is 1. The van der Waals surface area contributed by atoms with Gasteiger partial charge in [-0.1, -0.05) is 17.7 Å². The second kappa shape index (κ2) is 10.1. The van der Waals surface area contributed by atoms with Crippen LogP contribution < -0.4 is 25.8 Å². The second-order valence-corrected chi connectivity index (χ2v) is 7.35. The number of nitrogens with one attached hydrogen (secondary N) is 2. The molecule has 0 unspecified atom stereocenters. The molecule has 0 fully saturated rings. The summed E-state index contributed by atoms with van der Waals surface area (Å²) in [7, 11) is 1.57. The van der Waals surface area contributed by atoms with Crippen LogP contribution in [0.5, 0.6) is 11.5 Å². The van der Waals surface area contributed by atoms with E-state index >= 15 is 0 Å². The van der Waals surface area contributed by atoms with Gasteiger partial charge in [0.05, 0.1) is 12.1 Å². The maximum absolute atomic E-state index is 11.8. The Morgan fingerprint density at radius 1 is 1.34 bits per heavy atom. The monoisotopic (exact) mass is 437 g/mol. The highest BCUT2D eigenvalue weighted by Crippen LogP contribution is 2.37. The van der Waals surface area contributed by atoms with Crippen molar-refractivity contribution in [2.45, 2.75) is 13.2 Å². The number of halogens is 1. The van der Waals surface area contributed by atoms with E-state index in [-0.39, 0.29) is 11.5 Å². The molecule has 0 saturated carbocycles. The van der Waals surface area contributed by atoms with E-state index < -0.39 is 5.91 Å². The maximum atomic E-state index is 11.8. The van der Waals surface area contributed by atoms with Crippen molar-refractivity contribution in [3.8, 4) is 11.5 Å². The summed E-state index contributed by atoms with van der Waals surface area (Å²) < 4.78 is 15.7. The van der Waals surface area contributed by atoms with E-state index in [1.54, 1.807) is 18.4 Å². The third kappa shape index (κ3) is 5.59. The van der Waals surface area contributed by atoms with Gasteiger partial charge in [0.25, 0.3) is 5.91 Å². The molecule has 154 valence electrons. The van der Waals surface area contributed by atoms with Gasteiger partial charge in [-0.05, 0) is 39.5 Å². The summed E-state index contributed by atoms with van der Waals surface area (Å²) in [6, 6.07) is 7.65. The molecule has 0 aliphatic heterocycles. The van der Waals surface area contributed by atoms with Crippen LogP contribution in [0.3, 0.4) is 0 Å². The smallest absolute Gasteiger partial charge is 0.277 e. The zero-order chi connectivity index (χ0) is 20.6. The van der Waals surface area contributed by atoms with Gasteiger partial charge in [0.15, 0.2) is 11.5 Å². The molecule has 0 saturated heterocycles. The molecule has 3 aromatic rings. The molecule has 0 aliphatic carbocycles. The molecule has 9 nitrogen and oxygen atoms in total. The predicted molar refractivity (Wildman–Crippen MR) is 109 cm³/mol. The van der Waals surface area contributed by atoms with Crippen molar-refractivity contribution in [3.05, 3.63) is 50.8 Å². The average molecular weight is 438 g/mol. The summed E-state index contributed by atoms with van der Waals surface area (Å²) in [5, 5.41) is 15.2. The molecule has 0 bridgehead atoms. The number of ether oxygens (including phenoxy) is 2. The first kappa shape index (κ1) is 20.9. The normalized spacial score (nSPS) is 10.7. The minimum absolute atomic E-state index is 0.0281. The van der Waals surface area contributed by atoms with E-state index in [0.29, 0.717) is 42.8 Å². The largest absolute Gasteiger partial charge is 0.493 e. The minimum Gasteiger partial charge on any atom is -0.493 e. The number of anilines is 1. The van der Waals surface area contributed by atoms with E-state index in [4.69, 9.17) is 26.8 Å². The molecule has 0 atom stereocenters. The van der Waals surface area contributed by atoms with Crippen molar-refractivity contribution in [1.29, 1.82) is 0 Å². The maximum Gasteiger partial charge on any atom is 0.277 e. The molecule has 2 aromatic heterocycles. The van der Waals surface area contributed by atoms with Gasteiger partial charge in [-0.3, -0.25) is 4.79 Å². The molecule has 2 heterocycles. The lowest BCUT2D eigenvalue weighted by Gasteiger charge is -2.14. The van der Waals surface area contributed by atoms with Gasteiger partial charge in [0.2, 0.25) is 11.5 Å². The van der Waals surface area contributed by atoms with Gasteiger partial charge in [-0.2, -0.15) is 0 Å². The highest BCUT2D eigenvalue weighted by atomic mass is 35.5. The van der Waals surface area contributed by atoms with Gasteiger partial charge < -0.3 is 25.8 Å². The van der Waals surface area contributed by atoms with Crippen LogP contribution in [-0.2, 0) is 13.2 Å². The van der Waals surface area contributed by atoms with Crippen molar-refractivity contribution in [2.75, 3.05) is 25.9 Å². The van der Waals surface area contributed by atoms with E-state index in [1.807, 2.05) is 29.6 Å². The van der Waals surface area contributed by atoms with Crippen LogP contribution in [0.2, 0.25) is 5.02 Å². The lowest BCUT2D eigenvalue weighted by atomic mass is 10.2. The van der Waals surface area contributed by atoms with E-state index in [2.05, 4.69) is 25.6 Å². The summed E-state index contributed by atoms with van der Waals surface area (Å²) >= 11 is 8.00. The molecule has 0 aliphatic rings. The van der Waals surface area contributed by atoms with Crippen molar-refractivity contribution in [2.24, 2.45) is 0 Å². The molecule has 0 radical (unpaired) electrons. The molecule has 0 spiro atoms. The van der Waals surface area contributed by atoms with Crippen molar-refractivity contribution in [1.82, 2.24) is 20.9 Å². The Kier molecular flexibility index (Phi) is 7.28. The number of hydrogen-bond donors (Lipinski definition) is 3. The first-order valence-electron chi connectivity index (χ1n) is 8.67. The lowest BCUT2D eigenvalue weighted by molar-refractivity contribution is 0.0944. The van der Waals surface area contributed by atoms with E-state index in [0.717, 1.165) is 10.4 Å². The SMILES string of the molecule is COc1cc(CNCCNC(=O)c2nonc2N)cc(Cl)c1OCc1cccs1. The van der Waals surface area contributed by atoms with Gasteiger partial charge in [0.1, 0.15) is 6.61 Å². The number of thiophene rings is 1. The van der Waals surface area contributed by atoms with Crippen LogP contribution in [0.25, 0.3) is 0 Å². The first-order chi connectivity index (χ1) is 14.1. The van der Waals surface area contributed by atoms with Crippen LogP contribution in [0.4, 0.5) is 5.82 Å². The van der Waals surface area contributed by atoms with Gasteiger partial charge >= 0.3 is 0 Å². The number of carbonyl (C=O) groups excluding carboxylic acids is 1. The number of rotatable bonds is 10. The number of aromatic nitrogens is 2. The number of nitrogens with zero attached hydrogens (tertiary/aromatic N) is 2. The van der Waals surface area contributed by atoms with Crippen molar-refractivity contribution >= 4 is 34.7 Å². The zero-order valence-electron chi connectivity index (χ0n) is 15.6. The van der Waals surface area contributed by atoms with Crippen LogP contribution in [0.15, 0.2) is 34.3 Å². The molecular weight excluding hydrogens is 418 g/mol. The van der Waals surface area contributed by atoms with Crippen LogP contribution >= 0.6 is 22.9 Å². The third-order valence-corrected chi connectivity index (χ3v) is 5.00. The molecule has 1 aromatic carbocycles. The molecule has 4 N–H and O–H groups in total. The predicted octanol–water partition coefficient (Wildman–Crippen LogP) is 2.47. The number of carbonyl (C=O) groups is 1. The third-order valence-electron chi connectivity index (χ3n) is 3.87. The number of hydrogen-bond acceptors (Lipinski definition) is 9. The van der Waals surface area contributed by atoms with Gasteiger partial charge in [0, 0.05) is 24.5 Å². The molecule has 11 heteroatoms. The van der Waals surface area contributed by atoms with Crippen LogP contribution in [-0.4, -0.2) is 36.4 Å². The van der Waals surface area contributed by atoms with E-state index in [9.17, 15) is 4.79 Å². The number of benzene rings is 1. The second-order valence-electron chi connectivity index (χ2n) is 5.91. The fraction of sp³-hybridized carbons (Fsp3) is 0.278. The standard InChI is InChI=1S/C18H20ClN5O4S/c1-26-14-8-11(7-13(19)16(14)27-10-12-3-2-6-29-12)9-21-4-5-22-18(25)15-17(20)24-28-23-15/h2-3,6-8,21H,4-5,9-10H2,1H3,(H2,20,24)(H,22,25). The molecule has 3 rings (SSSR count). The molecule has 1 amide bonds.